The Kier molecular flexibility index (Phi) is 5.67. The summed E-state index contributed by atoms with van der Waals surface area (Å²) in [5.41, 5.74) is 2.48. The second-order valence-electron chi connectivity index (χ2n) is 9.73. The van der Waals surface area contributed by atoms with Gasteiger partial charge in [-0.15, -0.1) is 0 Å². The van der Waals surface area contributed by atoms with Crippen molar-refractivity contribution in [1.82, 2.24) is 39.4 Å². The summed E-state index contributed by atoms with van der Waals surface area (Å²) in [7, 11) is 1.79. The molecule has 36 heavy (non-hydrogen) atoms. The number of aromatic nitrogens is 7. The maximum Gasteiger partial charge on any atom is 0.327 e. The van der Waals surface area contributed by atoms with Crippen LogP contribution in [0.5, 0.6) is 0 Å². The molecule has 2 fully saturated rings. The Morgan fingerprint density at radius 1 is 1.11 bits per heavy atom. The molecule has 0 spiro atoms. The van der Waals surface area contributed by atoms with Gasteiger partial charge in [-0.05, 0) is 50.7 Å². The number of aliphatic hydroxyl groups is 1. The van der Waals surface area contributed by atoms with E-state index in [1.165, 1.54) is 6.33 Å². The molecule has 5 heterocycles. The number of hydrogen-bond donors (Lipinski definition) is 3. The normalized spacial score (nSPS) is 21.3. The highest BCUT2D eigenvalue weighted by molar-refractivity contribution is 5.96. The molecule has 0 atom stereocenters. The number of nitrogens with zero attached hydrogens (tertiary/aromatic N) is 7. The topological polar surface area (TPSA) is 147 Å². The predicted octanol–water partition coefficient (Wildman–Crippen LogP) is 1.28. The number of carbonyl (C=O) groups is 1. The number of piperidine rings is 1. The quantitative estimate of drug-likeness (QED) is 0.387. The molecule has 0 aromatic carbocycles. The number of H-pyrrole nitrogens is 1. The zero-order valence-corrected chi connectivity index (χ0v) is 20.1. The van der Waals surface area contributed by atoms with Crippen LogP contribution in [-0.2, 0) is 7.05 Å². The third-order valence-corrected chi connectivity index (χ3v) is 7.49. The monoisotopic (exact) mass is 491 g/mol. The van der Waals surface area contributed by atoms with Crippen molar-refractivity contribution in [1.29, 1.82) is 0 Å². The number of hydrogen-bond acceptors (Lipinski definition) is 8. The second kappa shape index (κ2) is 9.01. The van der Waals surface area contributed by atoms with Crippen molar-refractivity contribution < 1.29 is 9.90 Å². The van der Waals surface area contributed by atoms with Gasteiger partial charge in [0.25, 0.3) is 5.91 Å². The largest absolute Gasteiger partial charge is 0.393 e. The molecule has 0 unspecified atom stereocenters. The van der Waals surface area contributed by atoms with Gasteiger partial charge in [-0.3, -0.25) is 14.3 Å². The van der Waals surface area contributed by atoms with E-state index < -0.39 is 0 Å². The van der Waals surface area contributed by atoms with Crippen LogP contribution in [0.2, 0.25) is 0 Å². The van der Waals surface area contributed by atoms with E-state index in [4.69, 9.17) is 0 Å². The van der Waals surface area contributed by atoms with Crippen LogP contribution in [0.4, 0.5) is 5.82 Å². The molecule has 1 aliphatic heterocycles. The summed E-state index contributed by atoms with van der Waals surface area (Å²) in [5, 5.41) is 12.8. The van der Waals surface area contributed by atoms with Gasteiger partial charge in [0.2, 0.25) is 5.82 Å². The molecular formula is C24H29N9O3. The number of aliphatic hydroxyl groups excluding tert-OH is 1. The Bertz CT molecular complexity index is 1470. The highest BCUT2D eigenvalue weighted by atomic mass is 16.3. The summed E-state index contributed by atoms with van der Waals surface area (Å²) in [6.07, 6.45) is 7.33. The lowest BCUT2D eigenvalue weighted by atomic mass is 9.93. The number of rotatable bonds is 4. The van der Waals surface area contributed by atoms with Crippen molar-refractivity contribution in [2.24, 2.45) is 7.05 Å². The fourth-order valence-corrected chi connectivity index (χ4v) is 5.55. The number of anilines is 1. The van der Waals surface area contributed by atoms with E-state index in [1.807, 2.05) is 16.7 Å². The predicted molar refractivity (Wildman–Crippen MR) is 133 cm³/mol. The number of aryl methyl sites for hydroxylation is 1. The van der Waals surface area contributed by atoms with Gasteiger partial charge in [-0.2, -0.15) is 0 Å². The van der Waals surface area contributed by atoms with Gasteiger partial charge >= 0.3 is 5.69 Å². The minimum absolute atomic E-state index is 0.0356. The molecule has 1 saturated heterocycles. The molecule has 1 saturated carbocycles. The lowest BCUT2D eigenvalue weighted by Gasteiger charge is -2.33. The average molecular weight is 492 g/mol. The zero-order chi connectivity index (χ0) is 24.8. The third-order valence-electron chi connectivity index (χ3n) is 7.49. The van der Waals surface area contributed by atoms with Gasteiger partial charge in [-0.1, -0.05) is 0 Å². The smallest absolute Gasteiger partial charge is 0.327 e. The lowest BCUT2D eigenvalue weighted by Crippen LogP contribution is -2.39. The van der Waals surface area contributed by atoms with E-state index >= 15 is 0 Å². The summed E-state index contributed by atoms with van der Waals surface area (Å²) in [6, 6.07) is 3.85. The summed E-state index contributed by atoms with van der Waals surface area (Å²) < 4.78 is 3.52. The number of imidazole rings is 2. The van der Waals surface area contributed by atoms with Gasteiger partial charge in [0, 0.05) is 38.4 Å². The molecule has 4 aromatic heterocycles. The molecule has 6 rings (SSSR count). The molecule has 3 N–H and O–H groups in total. The zero-order valence-electron chi connectivity index (χ0n) is 20.1. The Hall–Kier alpha value is -3.80. The first-order valence-electron chi connectivity index (χ1n) is 12.5. The Labute approximate surface area is 206 Å². The van der Waals surface area contributed by atoms with Crippen LogP contribution in [0.1, 0.15) is 55.2 Å². The van der Waals surface area contributed by atoms with Crippen molar-refractivity contribution in [3.63, 3.8) is 0 Å². The first-order chi connectivity index (χ1) is 17.5. The van der Waals surface area contributed by atoms with Crippen molar-refractivity contribution in [2.45, 2.75) is 56.7 Å². The van der Waals surface area contributed by atoms with Gasteiger partial charge in [0.05, 0.1) is 11.6 Å². The van der Waals surface area contributed by atoms with E-state index in [-0.39, 0.29) is 29.8 Å². The fraction of sp³-hybridized carbons (Fsp3) is 0.500. The maximum absolute atomic E-state index is 13.0. The van der Waals surface area contributed by atoms with Gasteiger partial charge in [0.1, 0.15) is 6.33 Å². The number of fused-ring (bicyclic) bond motifs is 2. The average Bonchev–Trinajstić information content (AvgIpc) is 3.41. The third kappa shape index (κ3) is 3.91. The highest BCUT2D eigenvalue weighted by Crippen LogP contribution is 2.30. The molecule has 2 aliphatic rings. The molecule has 1 amide bonds. The minimum atomic E-state index is -0.276. The standard InChI is InChI=1S/C24H29N9O3/c1-31-20-18(29-22(31)23(35)28-14-4-6-16(34)7-5-14)21(27-13-26-20)32-11-8-15(9-12-32)33-17-3-2-10-25-19(17)30-24(33)36/h2-3,10,13-16,34H,4-9,11-12H2,1H3,(H,28,35)(H,25,30,36). The van der Waals surface area contributed by atoms with E-state index in [9.17, 15) is 14.7 Å². The summed E-state index contributed by atoms with van der Waals surface area (Å²) in [5.74, 6) is 0.751. The minimum Gasteiger partial charge on any atom is -0.393 e. The summed E-state index contributed by atoms with van der Waals surface area (Å²) in [4.78, 5) is 48.4. The molecule has 12 heteroatoms. The van der Waals surface area contributed by atoms with E-state index in [0.717, 1.165) is 31.2 Å². The maximum atomic E-state index is 13.0. The summed E-state index contributed by atoms with van der Waals surface area (Å²) in [6.45, 7) is 1.39. The van der Waals surface area contributed by atoms with Crippen LogP contribution in [0.15, 0.2) is 29.5 Å². The fourth-order valence-electron chi connectivity index (χ4n) is 5.55. The first-order valence-corrected chi connectivity index (χ1v) is 12.5. The number of pyridine rings is 1. The molecule has 188 valence electrons. The van der Waals surface area contributed by atoms with Crippen molar-refractivity contribution in [2.75, 3.05) is 18.0 Å². The molecular weight excluding hydrogens is 462 g/mol. The number of nitrogens with one attached hydrogen (secondary N) is 2. The molecule has 0 radical (unpaired) electrons. The molecule has 12 nitrogen and oxygen atoms in total. The Balaban J connectivity index is 1.22. The van der Waals surface area contributed by atoms with E-state index in [1.54, 1.807) is 17.8 Å². The van der Waals surface area contributed by atoms with E-state index in [0.29, 0.717) is 54.4 Å². The number of amides is 1. The molecule has 4 aromatic rings. The highest BCUT2D eigenvalue weighted by Gasteiger charge is 2.28. The Morgan fingerprint density at radius 3 is 2.67 bits per heavy atom. The van der Waals surface area contributed by atoms with Crippen LogP contribution in [0.25, 0.3) is 22.3 Å². The van der Waals surface area contributed by atoms with Crippen molar-refractivity contribution in [3.8, 4) is 0 Å². The SMILES string of the molecule is Cn1c(C(=O)NC2CCC(O)CC2)nc2c(N3CCC(n4c(=O)[nH]c5ncccc54)CC3)ncnc21. The van der Waals surface area contributed by atoms with Crippen molar-refractivity contribution >= 4 is 34.1 Å². The van der Waals surface area contributed by atoms with Crippen LogP contribution >= 0.6 is 0 Å². The lowest BCUT2D eigenvalue weighted by molar-refractivity contribution is 0.0856. The molecule has 1 aliphatic carbocycles. The van der Waals surface area contributed by atoms with Crippen LogP contribution in [0, 0.1) is 0 Å². The summed E-state index contributed by atoms with van der Waals surface area (Å²) >= 11 is 0. The van der Waals surface area contributed by atoms with Gasteiger partial charge in [-0.25, -0.2) is 24.7 Å². The number of carbonyl (C=O) groups excluding carboxylic acids is 1. The van der Waals surface area contributed by atoms with Crippen molar-refractivity contribution in [3.05, 3.63) is 41.0 Å². The first kappa shape index (κ1) is 22.7. The van der Waals surface area contributed by atoms with Crippen LogP contribution in [-0.4, -0.2) is 70.3 Å². The molecule has 0 bridgehead atoms. The number of aromatic amines is 1. The van der Waals surface area contributed by atoms with Crippen LogP contribution in [0.3, 0.4) is 0 Å². The van der Waals surface area contributed by atoms with Gasteiger partial charge in [0.15, 0.2) is 22.6 Å². The van der Waals surface area contributed by atoms with Crippen LogP contribution < -0.4 is 15.9 Å². The Morgan fingerprint density at radius 2 is 1.89 bits per heavy atom. The second-order valence-corrected chi connectivity index (χ2v) is 9.73. The van der Waals surface area contributed by atoms with Gasteiger partial charge < -0.3 is 19.9 Å². The van der Waals surface area contributed by atoms with E-state index in [2.05, 4.69) is 35.1 Å².